The Morgan fingerprint density at radius 2 is 0.867 bits per heavy atom. The van der Waals surface area contributed by atoms with E-state index in [1.54, 1.807) is 0 Å². The van der Waals surface area contributed by atoms with E-state index in [0.29, 0.717) is 12.8 Å². The minimum absolute atomic E-state index is 0.111. The van der Waals surface area contributed by atoms with Crippen molar-refractivity contribution >= 4 is 11.8 Å². The summed E-state index contributed by atoms with van der Waals surface area (Å²) in [6.45, 7) is 4.47. The lowest BCUT2D eigenvalue weighted by atomic mass is 10.1. The predicted octanol–water partition coefficient (Wildman–Crippen LogP) is 7.61. The Morgan fingerprint density at radius 1 is 0.567 bits per heavy atom. The summed E-state index contributed by atoms with van der Waals surface area (Å²) in [5.41, 5.74) is 5.47. The molecule has 4 nitrogen and oxygen atoms in total. The van der Waals surface area contributed by atoms with E-state index < -0.39 is 0 Å². The molecule has 0 aliphatic carbocycles. The first-order valence-corrected chi connectivity index (χ1v) is 12.9. The third kappa shape index (κ3) is 17.5. The van der Waals surface area contributed by atoms with Crippen LogP contribution in [0.4, 0.5) is 0 Å². The van der Waals surface area contributed by atoms with Crippen molar-refractivity contribution in [3.05, 3.63) is 12.4 Å². The van der Waals surface area contributed by atoms with Gasteiger partial charge < -0.3 is 5.73 Å². The van der Waals surface area contributed by atoms with Gasteiger partial charge in [0.1, 0.15) is 0 Å². The molecule has 30 heavy (non-hydrogen) atoms. The number of nitrogens with two attached hydrogens (primary N) is 1. The van der Waals surface area contributed by atoms with Crippen molar-refractivity contribution < 1.29 is 9.59 Å². The van der Waals surface area contributed by atoms with Crippen molar-refractivity contribution in [2.45, 2.75) is 142 Å². The lowest BCUT2D eigenvalue weighted by Gasteiger charge is -2.16. The van der Waals surface area contributed by atoms with Crippen LogP contribution in [0.3, 0.4) is 0 Å². The summed E-state index contributed by atoms with van der Waals surface area (Å²) in [6.07, 6.45) is 25.5. The highest BCUT2D eigenvalue weighted by Crippen LogP contribution is 2.14. The van der Waals surface area contributed by atoms with Crippen LogP contribution in [-0.4, -0.2) is 16.7 Å². The summed E-state index contributed by atoms with van der Waals surface area (Å²) < 4.78 is 0. The van der Waals surface area contributed by atoms with Gasteiger partial charge in [0.15, 0.2) is 0 Å². The molecule has 176 valence electrons. The van der Waals surface area contributed by atoms with Gasteiger partial charge in [0, 0.05) is 25.2 Å². The van der Waals surface area contributed by atoms with E-state index in [-0.39, 0.29) is 11.8 Å². The Labute approximate surface area is 187 Å². The molecule has 0 fully saturated rings. The largest absolute Gasteiger partial charge is 0.403 e. The minimum Gasteiger partial charge on any atom is -0.403 e. The number of rotatable bonds is 21. The van der Waals surface area contributed by atoms with Gasteiger partial charge in [-0.2, -0.15) is 0 Å². The second-order valence-electron chi connectivity index (χ2n) is 8.66. The van der Waals surface area contributed by atoms with Gasteiger partial charge in [-0.25, -0.2) is 0 Å². The van der Waals surface area contributed by atoms with Gasteiger partial charge in [0.25, 0.3) is 0 Å². The molecule has 0 radical (unpaired) electrons. The van der Waals surface area contributed by atoms with Gasteiger partial charge in [-0.1, -0.05) is 117 Å². The molecule has 0 bridgehead atoms. The molecule has 0 rings (SSSR count). The standard InChI is InChI=1S/C26H50N2O2/c1-3-5-7-9-11-13-15-17-19-21-25(29)28(24-23-27)26(30)22-20-18-16-14-12-10-8-6-4-2/h23-24H,3-22,27H2,1-2H3/b24-23+. The minimum atomic E-state index is -0.111. The Kier molecular flexibility index (Phi) is 21.4. The quantitative estimate of drug-likeness (QED) is 0.194. The van der Waals surface area contributed by atoms with Crippen LogP contribution in [0.25, 0.3) is 0 Å². The molecule has 0 saturated carbocycles. The Morgan fingerprint density at radius 3 is 1.17 bits per heavy atom. The Bertz CT molecular complexity index is 401. The lowest BCUT2D eigenvalue weighted by molar-refractivity contribution is -0.141. The maximum absolute atomic E-state index is 12.4. The summed E-state index contributed by atoms with van der Waals surface area (Å²) in [4.78, 5) is 26.1. The highest BCUT2D eigenvalue weighted by molar-refractivity contribution is 5.96. The summed E-state index contributed by atoms with van der Waals surface area (Å²) >= 11 is 0. The van der Waals surface area contributed by atoms with E-state index in [0.717, 1.165) is 25.7 Å². The third-order valence-electron chi connectivity index (χ3n) is 5.76. The molecule has 0 aromatic heterocycles. The van der Waals surface area contributed by atoms with E-state index in [2.05, 4.69) is 13.8 Å². The molecule has 2 amide bonds. The van der Waals surface area contributed by atoms with Crippen LogP contribution in [0.1, 0.15) is 142 Å². The fourth-order valence-electron chi connectivity index (χ4n) is 3.81. The zero-order valence-electron chi connectivity index (χ0n) is 20.1. The van der Waals surface area contributed by atoms with Crippen molar-refractivity contribution in [3.8, 4) is 0 Å². The Balaban J connectivity index is 3.86. The fourth-order valence-corrected chi connectivity index (χ4v) is 3.81. The molecule has 0 aromatic carbocycles. The highest BCUT2D eigenvalue weighted by atomic mass is 16.2. The second-order valence-corrected chi connectivity index (χ2v) is 8.66. The smallest absolute Gasteiger partial charge is 0.233 e. The monoisotopic (exact) mass is 422 g/mol. The van der Waals surface area contributed by atoms with Crippen LogP contribution in [0, 0.1) is 0 Å². The van der Waals surface area contributed by atoms with Gasteiger partial charge in [0.05, 0.1) is 0 Å². The average molecular weight is 423 g/mol. The van der Waals surface area contributed by atoms with E-state index in [1.165, 1.54) is 107 Å². The van der Waals surface area contributed by atoms with E-state index in [1.807, 2.05) is 0 Å². The van der Waals surface area contributed by atoms with E-state index in [9.17, 15) is 9.59 Å². The number of amides is 2. The van der Waals surface area contributed by atoms with Gasteiger partial charge in [0.2, 0.25) is 11.8 Å². The van der Waals surface area contributed by atoms with Crippen LogP contribution < -0.4 is 5.73 Å². The molecule has 2 N–H and O–H groups in total. The van der Waals surface area contributed by atoms with Crippen LogP contribution in [0.5, 0.6) is 0 Å². The molecule has 0 aliphatic heterocycles. The number of unbranched alkanes of at least 4 members (excludes halogenated alkanes) is 16. The molecule has 4 heteroatoms. The zero-order chi connectivity index (χ0) is 22.3. The number of carbonyl (C=O) groups excluding carboxylic acids is 2. The number of hydrogen-bond acceptors (Lipinski definition) is 3. The molecular weight excluding hydrogens is 372 g/mol. The van der Waals surface area contributed by atoms with Crippen LogP contribution in [-0.2, 0) is 9.59 Å². The maximum Gasteiger partial charge on any atom is 0.233 e. The first kappa shape index (κ1) is 28.7. The van der Waals surface area contributed by atoms with Crippen LogP contribution in [0.15, 0.2) is 12.4 Å². The number of carbonyl (C=O) groups is 2. The van der Waals surface area contributed by atoms with Crippen LogP contribution >= 0.6 is 0 Å². The van der Waals surface area contributed by atoms with Gasteiger partial charge in [-0.3, -0.25) is 14.5 Å². The normalized spacial score (nSPS) is 11.3. The highest BCUT2D eigenvalue weighted by Gasteiger charge is 2.18. The predicted molar refractivity (Wildman–Crippen MR) is 129 cm³/mol. The molecule has 0 aliphatic rings. The SMILES string of the molecule is CCCCCCCCCCCC(=O)N(/C=C/N)C(=O)CCCCCCCCCCC. The summed E-state index contributed by atoms with van der Waals surface area (Å²) in [7, 11) is 0. The Hall–Kier alpha value is -1.32. The summed E-state index contributed by atoms with van der Waals surface area (Å²) in [5.74, 6) is -0.221. The van der Waals surface area contributed by atoms with E-state index in [4.69, 9.17) is 5.73 Å². The van der Waals surface area contributed by atoms with Gasteiger partial charge in [-0.15, -0.1) is 0 Å². The van der Waals surface area contributed by atoms with Crippen LogP contribution in [0.2, 0.25) is 0 Å². The topological polar surface area (TPSA) is 63.4 Å². The molecule has 0 saturated heterocycles. The van der Waals surface area contributed by atoms with Crippen molar-refractivity contribution in [2.24, 2.45) is 5.73 Å². The first-order chi connectivity index (χ1) is 14.7. The van der Waals surface area contributed by atoms with Crippen molar-refractivity contribution in [1.29, 1.82) is 0 Å². The maximum atomic E-state index is 12.4. The molecule has 0 unspecified atom stereocenters. The van der Waals surface area contributed by atoms with Gasteiger partial charge in [-0.05, 0) is 12.8 Å². The molecular formula is C26H50N2O2. The molecule has 0 spiro atoms. The van der Waals surface area contributed by atoms with Crippen molar-refractivity contribution in [2.75, 3.05) is 0 Å². The van der Waals surface area contributed by atoms with Gasteiger partial charge >= 0.3 is 0 Å². The summed E-state index contributed by atoms with van der Waals surface area (Å²) in [6, 6.07) is 0. The molecule has 0 aromatic rings. The van der Waals surface area contributed by atoms with E-state index >= 15 is 0 Å². The zero-order valence-corrected chi connectivity index (χ0v) is 20.1. The third-order valence-corrected chi connectivity index (χ3v) is 5.76. The number of nitrogens with zero attached hydrogens (tertiary/aromatic N) is 1. The molecule has 0 atom stereocenters. The van der Waals surface area contributed by atoms with Crippen molar-refractivity contribution in [3.63, 3.8) is 0 Å². The first-order valence-electron chi connectivity index (χ1n) is 12.9. The van der Waals surface area contributed by atoms with Crippen molar-refractivity contribution in [1.82, 2.24) is 4.90 Å². The molecule has 0 heterocycles. The average Bonchev–Trinajstić information content (AvgIpc) is 2.74. The fraction of sp³-hybridized carbons (Fsp3) is 0.846. The number of hydrogen-bond donors (Lipinski definition) is 1. The second kappa shape index (κ2) is 22.4. The summed E-state index contributed by atoms with van der Waals surface area (Å²) in [5, 5.41) is 0. The lowest BCUT2D eigenvalue weighted by Crippen LogP contribution is -2.32. The number of imide groups is 1.